The highest BCUT2D eigenvalue weighted by atomic mass is 16.5. The van der Waals surface area contributed by atoms with Crippen LogP contribution in [0.25, 0.3) is 10.8 Å². The standard InChI is InChI=1S/C17H18O5/c1-5-21-17(19)15-9-16(22-11(3)18)13-7-6-12(20-4)8-14(13)10(15)2/h6-9H,5H2,1-4H3. The van der Waals surface area contributed by atoms with Gasteiger partial charge in [0.05, 0.1) is 19.3 Å². The Balaban J connectivity index is 2.72. The third kappa shape index (κ3) is 3.03. The van der Waals surface area contributed by atoms with Gasteiger partial charge in [-0.15, -0.1) is 0 Å². The molecule has 22 heavy (non-hydrogen) atoms. The Labute approximate surface area is 128 Å². The molecule has 0 saturated heterocycles. The molecular formula is C17H18O5. The molecule has 0 amide bonds. The number of carbonyl (C=O) groups is 2. The summed E-state index contributed by atoms with van der Waals surface area (Å²) in [4.78, 5) is 23.4. The molecule has 0 saturated carbocycles. The molecule has 0 aliphatic carbocycles. The molecule has 0 spiro atoms. The summed E-state index contributed by atoms with van der Waals surface area (Å²) in [7, 11) is 1.57. The number of carbonyl (C=O) groups excluding carboxylic acids is 2. The van der Waals surface area contributed by atoms with E-state index in [-0.39, 0.29) is 6.61 Å². The van der Waals surface area contributed by atoms with Crippen LogP contribution in [0.5, 0.6) is 11.5 Å². The number of methoxy groups -OCH3 is 1. The fourth-order valence-corrected chi connectivity index (χ4v) is 2.30. The molecule has 0 aliphatic heterocycles. The summed E-state index contributed by atoms with van der Waals surface area (Å²) in [5.74, 6) is 0.0955. The predicted molar refractivity (Wildman–Crippen MR) is 82.5 cm³/mol. The molecule has 2 aromatic rings. The van der Waals surface area contributed by atoms with Gasteiger partial charge < -0.3 is 14.2 Å². The van der Waals surface area contributed by atoms with Crippen molar-refractivity contribution < 1.29 is 23.8 Å². The summed E-state index contributed by atoms with van der Waals surface area (Å²) < 4.78 is 15.5. The number of hydrogen-bond donors (Lipinski definition) is 0. The lowest BCUT2D eigenvalue weighted by molar-refractivity contribution is -0.131. The van der Waals surface area contributed by atoms with Gasteiger partial charge in [0.2, 0.25) is 0 Å². The fourth-order valence-electron chi connectivity index (χ4n) is 2.30. The van der Waals surface area contributed by atoms with Crippen LogP contribution in [0.4, 0.5) is 0 Å². The summed E-state index contributed by atoms with van der Waals surface area (Å²) in [5.41, 5.74) is 1.13. The van der Waals surface area contributed by atoms with E-state index < -0.39 is 11.9 Å². The molecule has 116 valence electrons. The molecular weight excluding hydrogens is 284 g/mol. The zero-order valence-corrected chi connectivity index (χ0v) is 13.1. The Bertz CT molecular complexity index is 733. The van der Waals surface area contributed by atoms with Crippen molar-refractivity contribution >= 4 is 22.7 Å². The second kappa shape index (κ2) is 6.47. The molecule has 5 heteroatoms. The van der Waals surface area contributed by atoms with E-state index >= 15 is 0 Å². The molecule has 0 aliphatic rings. The van der Waals surface area contributed by atoms with Crippen LogP contribution in [-0.2, 0) is 9.53 Å². The summed E-state index contributed by atoms with van der Waals surface area (Å²) in [6.07, 6.45) is 0. The minimum Gasteiger partial charge on any atom is -0.497 e. The molecule has 0 atom stereocenters. The second-order valence-corrected chi connectivity index (χ2v) is 4.77. The van der Waals surface area contributed by atoms with Gasteiger partial charge in [-0.2, -0.15) is 0 Å². The minimum absolute atomic E-state index is 0.275. The normalized spacial score (nSPS) is 10.4. The van der Waals surface area contributed by atoms with Gasteiger partial charge in [-0.25, -0.2) is 4.79 Å². The van der Waals surface area contributed by atoms with Gasteiger partial charge >= 0.3 is 11.9 Å². The molecule has 0 heterocycles. The van der Waals surface area contributed by atoms with Crippen molar-refractivity contribution in [3.8, 4) is 11.5 Å². The number of rotatable bonds is 4. The van der Waals surface area contributed by atoms with E-state index in [1.54, 1.807) is 38.3 Å². The van der Waals surface area contributed by atoms with Crippen LogP contribution in [0.3, 0.4) is 0 Å². The third-order valence-corrected chi connectivity index (χ3v) is 3.32. The smallest absolute Gasteiger partial charge is 0.338 e. The van der Waals surface area contributed by atoms with Crippen LogP contribution in [0.15, 0.2) is 24.3 Å². The van der Waals surface area contributed by atoms with Gasteiger partial charge in [0, 0.05) is 12.3 Å². The van der Waals surface area contributed by atoms with Crippen LogP contribution in [0.2, 0.25) is 0 Å². The first-order chi connectivity index (χ1) is 10.5. The van der Waals surface area contributed by atoms with Crippen molar-refractivity contribution in [1.82, 2.24) is 0 Å². The van der Waals surface area contributed by atoms with E-state index in [0.717, 1.165) is 16.3 Å². The zero-order valence-electron chi connectivity index (χ0n) is 13.1. The van der Waals surface area contributed by atoms with Crippen LogP contribution < -0.4 is 9.47 Å². The number of benzene rings is 2. The Hall–Kier alpha value is -2.56. The van der Waals surface area contributed by atoms with E-state index in [2.05, 4.69) is 0 Å². The number of aryl methyl sites for hydroxylation is 1. The molecule has 0 aromatic heterocycles. The first kappa shape index (κ1) is 15.8. The molecule has 0 radical (unpaired) electrons. The van der Waals surface area contributed by atoms with Crippen molar-refractivity contribution in [2.45, 2.75) is 20.8 Å². The van der Waals surface area contributed by atoms with E-state index in [1.165, 1.54) is 6.92 Å². The molecule has 2 rings (SSSR count). The van der Waals surface area contributed by atoms with E-state index in [0.29, 0.717) is 17.1 Å². The van der Waals surface area contributed by atoms with Crippen LogP contribution >= 0.6 is 0 Å². The van der Waals surface area contributed by atoms with E-state index in [1.807, 2.05) is 6.92 Å². The Morgan fingerprint density at radius 1 is 1.14 bits per heavy atom. The topological polar surface area (TPSA) is 61.8 Å². The average Bonchev–Trinajstić information content (AvgIpc) is 2.49. The maximum Gasteiger partial charge on any atom is 0.338 e. The molecule has 0 fully saturated rings. The van der Waals surface area contributed by atoms with Crippen LogP contribution in [0, 0.1) is 6.92 Å². The maximum absolute atomic E-state index is 12.1. The predicted octanol–water partition coefficient (Wildman–Crippen LogP) is 3.26. The van der Waals surface area contributed by atoms with Crippen LogP contribution in [0.1, 0.15) is 29.8 Å². The summed E-state index contributed by atoms with van der Waals surface area (Å²) in [6, 6.07) is 6.93. The lowest BCUT2D eigenvalue weighted by atomic mass is 9.98. The van der Waals surface area contributed by atoms with Crippen LogP contribution in [-0.4, -0.2) is 25.7 Å². The quantitative estimate of drug-likeness (QED) is 0.641. The second-order valence-electron chi connectivity index (χ2n) is 4.77. The Kier molecular flexibility index (Phi) is 4.65. The fraction of sp³-hybridized carbons (Fsp3) is 0.294. The van der Waals surface area contributed by atoms with Gasteiger partial charge in [0.25, 0.3) is 0 Å². The highest BCUT2D eigenvalue weighted by Crippen LogP contribution is 2.34. The van der Waals surface area contributed by atoms with Crippen molar-refractivity contribution in [3.63, 3.8) is 0 Å². The molecule has 0 N–H and O–H groups in total. The van der Waals surface area contributed by atoms with Gasteiger partial charge in [0.15, 0.2) is 0 Å². The number of esters is 2. The van der Waals surface area contributed by atoms with Crippen molar-refractivity contribution in [2.75, 3.05) is 13.7 Å². The largest absolute Gasteiger partial charge is 0.497 e. The summed E-state index contributed by atoms with van der Waals surface area (Å²) in [5, 5.41) is 1.52. The first-order valence-corrected chi connectivity index (χ1v) is 6.94. The molecule has 0 unspecified atom stereocenters. The third-order valence-electron chi connectivity index (χ3n) is 3.32. The first-order valence-electron chi connectivity index (χ1n) is 6.94. The minimum atomic E-state index is -0.448. The molecule has 2 aromatic carbocycles. The number of hydrogen-bond acceptors (Lipinski definition) is 5. The highest BCUT2D eigenvalue weighted by molar-refractivity contribution is 6.02. The van der Waals surface area contributed by atoms with Crippen molar-refractivity contribution in [3.05, 3.63) is 35.4 Å². The monoisotopic (exact) mass is 302 g/mol. The van der Waals surface area contributed by atoms with Gasteiger partial charge in [0.1, 0.15) is 11.5 Å². The lowest BCUT2D eigenvalue weighted by Crippen LogP contribution is -2.09. The zero-order chi connectivity index (χ0) is 16.3. The molecule has 5 nitrogen and oxygen atoms in total. The van der Waals surface area contributed by atoms with Gasteiger partial charge in [-0.1, -0.05) is 0 Å². The summed E-state index contributed by atoms with van der Waals surface area (Å²) >= 11 is 0. The van der Waals surface area contributed by atoms with Crippen molar-refractivity contribution in [2.24, 2.45) is 0 Å². The van der Waals surface area contributed by atoms with E-state index in [4.69, 9.17) is 14.2 Å². The van der Waals surface area contributed by atoms with Crippen molar-refractivity contribution in [1.29, 1.82) is 0 Å². The SMILES string of the molecule is CCOC(=O)c1cc(OC(C)=O)c2ccc(OC)cc2c1C. The van der Waals surface area contributed by atoms with Gasteiger partial charge in [-0.05, 0) is 49.1 Å². The number of fused-ring (bicyclic) bond motifs is 1. The number of ether oxygens (including phenoxy) is 3. The Morgan fingerprint density at radius 2 is 1.86 bits per heavy atom. The average molecular weight is 302 g/mol. The van der Waals surface area contributed by atoms with Gasteiger partial charge in [-0.3, -0.25) is 4.79 Å². The molecule has 0 bridgehead atoms. The highest BCUT2D eigenvalue weighted by Gasteiger charge is 2.18. The lowest BCUT2D eigenvalue weighted by Gasteiger charge is -2.14. The summed E-state index contributed by atoms with van der Waals surface area (Å²) in [6.45, 7) is 5.16. The maximum atomic E-state index is 12.1. The van der Waals surface area contributed by atoms with E-state index in [9.17, 15) is 9.59 Å². The Morgan fingerprint density at radius 3 is 2.45 bits per heavy atom.